The third kappa shape index (κ3) is 3.82. The van der Waals surface area contributed by atoms with Crippen LogP contribution in [0.5, 0.6) is 11.5 Å². The van der Waals surface area contributed by atoms with Crippen LogP contribution in [-0.4, -0.2) is 22.2 Å². The van der Waals surface area contributed by atoms with Crippen molar-refractivity contribution in [2.24, 2.45) is 0 Å². The summed E-state index contributed by atoms with van der Waals surface area (Å²) in [5.41, 5.74) is 5.07. The number of hydrogen-bond donors (Lipinski definition) is 2. The van der Waals surface area contributed by atoms with Crippen LogP contribution in [0.2, 0.25) is 10.0 Å². The number of aromatic nitrogens is 2. The Bertz CT molecular complexity index is 1100. The molecule has 0 saturated carbocycles. The van der Waals surface area contributed by atoms with Crippen LogP contribution in [0.15, 0.2) is 60.7 Å². The van der Waals surface area contributed by atoms with Crippen LogP contribution in [0.25, 0.3) is 33.9 Å². The van der Waals surface area contributed by atoms with E-state index >= 15 is 0 Å². The number of nitrogens with one attached hydrogen (secondary N) is 1. The Kier molecular flexibility index (Phi) is 5.22. The zero-order valence-corrected chi connectivity index (χ0v) is 17.3. The van der Waals surface area contributed by atoms with E-state index in [0.717, 1.165) is 28.1 Å². The van der Waals surface area contributed by atoms with E-state index in [1.165, 1.54) is 7.11 Å². The molecule has 1 heterocycles. The predicted molar refractivity (Wildman–Crippen MR) is 118 cm³/mol. The number of benzene rings is 3. The van der Waals surface area contributed by atoms with Gasteiger partial charge in [0.2, 0.25) is 0 Å². The summed E-state index contributed by atoms with van der Waals surface area (Å²) >= 11 is 12.1. The molecule has 0 fully saturated rings. The molecule has 0 aliphatic rings. The van der Waals surface area contributed by atoms with E-state index in [1.54, 1.807) is 6.07 Å². The zero-order chi connectivity index (χ0) is 20.5. The van der Waals surface area contributed by atoms with E-state index in [2.05, 4.69) is 4.98 Å². The molecule has 0 spiro atoms. The normalized spacial score (nSPS) is 10.9. The highest BCUT2D eigenvalue weighted by molar-refractivity contribution is 6.31. The Labute approximate surface area is 178 Å². The summed E-state index contributed by atoms with van der Waals surface area (Å²) in [6.07, 6.45) is 0. The van der Waals surface area contributed by atoms with Gasteiger partial charge in [0.15, 0.2) is 11.5 Å². The number of phenolic OH excluding ortho intramolecular Hbond substituents is 1. The van der Waals surface area contributed by atoms with Crippen molar-refractivity contribution in [3.63, 3.8) is 0 Å². The van der Waals surface area contributed by atoms with Crippen molar-refractivity contribution < 1.29 is 9.84 Å². The molecule has 6 heteroatoms. The number of halogens is 2. The first-order chi connectivity index (χ1) is 14.0. The molecule has 2 N–H and O–H groups in total. The summed E-state index contributed by atoms with van der Waals surface area (Å²) in [6.45, 7) is 1.82. The molecule has 0 radical (unpaired) electrons. The van der Waals surface area contributed by atoms with E-state index in [0.29, 0.717) is 27.2 Å². The predicted octanol–water partition coefficient (Wildman–Crippen LogP) is 6.74. The fraction of sp³-hybridized carbons (Fsp3) is 0.0870. The lowest BCUT2D eigenvalue weighted by Gasteiger charge is -2.08. The average molecular weight is 425 g/mol. The lowest BCUT2D eigenvalue weighted by Crippen LogP contribution is -1.89. The first-order valence-corrected chi connectivity index (χ1v) is 9.71. The van der Waals surface area contributed by atoms with Gasteiger partial charge in [0.05, 0.1) is 18.5 Å². The molecule has 0 aliphatic heterocycles. The molecule has 1 aromatic heterocycles. The molecular formula is C23H18Cl2N2O2. The van der Waals surface area contributed by atoms with Gasteiger partial charge in [-0.05, 0) is 48.9 Å². The van der Waals surface area contributed by atoms with Gasteiger partial charge in [0.25, 0.3) is 0 Å². The molecule has 4 aromatic rings. The maximum Gasteiger partial charge on any atom is 0.161 e. The smallest absolute Gasteiger partial charge is 0.161 e. The van der Waals surface area contributed by atoms with Crippen LogP contribution in [0.3, 0.4) is 0 Å². The van der Waals surface area contributed by atoms with Gasteiger partial charge in [0, 0.05) is 26.7 Å². The summed E-state index contributed by atoms with van der Waals surface area (Å²) < 4.78 is 5.30. The minimum Gasteiger partial charge on any atom is -0.504 e. The number of phenols is 1. The molecule has 0 atom stereocenters. The first kappa shape index (κ1) is 19.4. The molecule has 3 aromatic carbocycles. The monoisotopic (exact) mass is 424 g/mol. The van der Waals surface area contributed by atoms with E-state index in [4.69, 9.17) is 32.9 Å². The number of ether oxygens (including phenoxy) is 1. The van der Waals surface area contributed by atoms with Crippen molar-refractivity contribution in [2.45, 2.75) is 6.92 Å². The Morgan fingerprint density at radius 3 is 2.03 bits per heavy atom. The largest absolute Gasteiger partial charge is 0.504 e. The number of imidazole rings is 1. The molecule has 4 nitrogen and oxygen atoms in total. The molecule has 0 bridgehead atoms. The first-order valence-electron chi connectivity index (χ1n) is 8.96. The number of rotatable bonds is 4. The second-order valence-corrected chi connectivity index (χ2v) is 7.54. The summed E-state index contributed by atoms with van der Waals surface area (Å²) in [4.78, 5) is 8.28. The standard InChI is InChI=1S/C23H18Cl2N2O2/c1-13-11-16(12-19(29-2)22(13)28)23-26-20(14-3-7-17(24)8-4-14)21(27-23)15-5-9-18(25)10-6-15/h3-12,28H,1-2H3,(H,26,27). The molecular weight excluding hydrogens is 407 g/mol. The SMILES string of the molecule is COc1cc(-c2nc(-c3ccc(Cl)cc3)c(-c3ccc(Cl)cc3)[nH]2)cc(C)c1O. The number of hydrogen-bond acceptors (Lipinski definition) is 3. The van der Waals surface area contributed by atoms with Crippen LogP contribution in [0.4, 0.5) is 0 Å². The lowest BCUT2D eigenvalue weighted by molar-refractivity contribution is 0.372. The third-order valence-electron chi connectivity index (χ3n) is 4.71. The summed E-state index contributed by atoms with van der Waals surface area (Å²) in [6, 6.07) is 18.8. The number of nitrogens with zero attached hydrogens (tertiary/aromatic N) is 1. The van der Waals surface area contributed by atoms with Crippen LogP contribution in [0, 0.1) is 6.92 Å². The van der Waals surface area contributed by atoms with E-state index < -0.39 is 0 Å². The Morgan fingerprint density at radius 1 is 0.862 bits per heavy atom. The van der Waals surface area contributed by atoms with Gasteiger partial charge in [-0.15, -0.1) is 0 Å². The topological polar surface area (TPSA) is 58.1 Å². The fourth-order valence-electron chi connectivity index (χ4n) is 3.19. The summed E-state index contributed by atoms with van der Waals surface area (Å²) in [7, 11) is 1.53. The van der Waals surface area contributed by atoms with Gasteiger partial charge in [-0.1, -0.05) is 47.5 Å². The number of H-pyrrole nitrogens is 1. The van der Waals surface area contributed by atoms with E-state index in [-0.39, 0.29) is 5.75 Å². The quantitative estimate of drug-likeness (QED) is 0.381. The van der Waals surface area contributed by atoms with Crippen molar-refractivity contribution in [3.8, 4) is 45.4 Å². The van der Waals surface area contributed by atoms with Crippen molar-refractivity contribution in [2.75, 3.05) is 7.11 Å². The van der Waals surface area contributed by atoms with Gasteiger partial charge >= 0.3 is 0 Å². The third-order valence-corrected chi connectivity index (χ3v) is 5.22. The van der Waals surface area contributed by atoms with Gasteiger partial charge in [-0.25, -0.2) is 4.98 Å². The highest BCUT2D eigenvalue weighted by Gasteiger charge is 2.17. The minimum absolute atomic E-state index is 0.124. The Morgan fingerprint density at radius 2 is 1.45 bits per heavy atom. The Hall–Kier alpha value is -2.95. The zero-order valence-electron chi connectivity index (χ0n) is 15.8. The number of aryl methyl sites for hydroxylation is 1. The maximum absolute atomic E-state index is 10.2. The summed E-state index contributed by atoms with van der Waals surface area (Å²) in [5, 5.41) is 11.5. The van der Waals surface area contributed by atoms with Gasteiger partial charge < -0.3 is 14.8 Å². The molecule has 146 valence electrons. The van der Waals surface area contributed by atoms with Crippen molar-refractivity contribution >= 4 is 23.2 Å². The second-order valence-electron chi connectivity index (χ2n) is 6.67. The van der Waals surface area contributed by atoms with Crippen LogP contribution < -0.4 is 4.74 Å². The highest BCUT2D eigenvalue weighted by atomic mass is 35.5. The number of aromatic amines is 1. The lowest BCUT2D eigenvalue weighted by atomic mass is 10.1. The second kappa shape index (κ2) is 7.82. The van der Waals surface area contributed by atoms with Crippen LogP contribution in [-0.2, 0) is 0 Å². The highest BCUT2D eigenvalue weighted by Crippen LogP contribution is 2.38. The fourth-order valence-corrected chi connectivity index (χ4v) is 3.44. The molecule has 0 saturated heterocycles. The van der Waals surface area contributed by atoms with Gasteiger partial charge in [0.1, 0.15) is 5.82 Å². The average Bonchev–Trinajstić information content (AvgIpc) is 3.16. The van der Waals surface area contributed by atoms with Crippen LogP contribution in [0.1, 0.15) is 5.56 Å². The molecule has 0 aliphatic carbocycles. The van der Waals surface area contributed by atoms with Crippen LogP contribution >= 0.6 is 23.2 Å². The van der Waals surface area contributed by atoms with Gasteiger partial charge in [-0.3, -0.25) is 0 Å². The van der Waals surface area contributed by atoms with E-state index in [1.807, 2.05) is 61.5 Å². The molecule has 29 heavy (non-hydrogen) atoms. The molecule has 0 unspecified atom stereocenters. The number of aromatic hydroxyl groups is 1. The number of methoxy groups -OCH3 is 1. The van der Waals surface area contributed by atoms with Gasteiger partial charge in [-0.2, -0.15) is 0 Å². The van der Waals surface area contributed by atoms with Crippen molar-refractivity contribution in [1.82, 2.24) is 9.97 Å². The Balaban J connectivity index is 1.91. The van der Waals surface area contributed by atoms with E-state index in [9.17, 15) is 5.11 Å². The van der Waals surface area contributed by atoms with Crippen molar-refractivity contribution in [1.29, 1.82) is 0 Å². The summed E-state index contributed by atoms with van der Waals surface area (Å²) in [5.74, 6) is 1.19. The maximum atomic E-state index is 10.2. The molecule has 4 rings (SSSR count). The minimum atomic E-state index is 0.124. The van der Waals surface area contributed by atoms with Crippen molar-refractivity contribution in [3.05, 3.63) is 76.3 Å². The molecule has 0 amide bonds.